The second kappa shape index (κ2) is 7.02. The summed E-state index contributed by atoms with van der Waals surface area (Å²) in [4.78, 5) is 14.2. The average molecular weight is 289 g/mol. The minimum absolute atomic E-state index is 0.113. The quantitative estimate of drug-likeness (QED) is 0.851. The summed E-state index contributed by atoms with van der Waals surface area (Å²) >= 11 is 0. The number of hydrogen-bond donors (Lipinski definition) is 2. The van der Waals surface area contributed by atoms with Gasteiger partial charge in [-0.1, -0.05) is 12.1 Å². The molecule has 3 rings (SSSR count). The fourth-order valence-corrected chi connectivity index (χ4v) is 2.68. The lowest BCUT2D eigenvalue weighted by Gasteiger charge is -2.27. The number of hydrogen-bond acceptors (Lipinski definition) is 4. The molecule has 0 saturated carbocycles. The molecule has 2 saturated heterocycles. The highest BCUT2D eigenvalue weighted by atomic mass is 16.5. The molecule has 21 heavy (non-hydrogen) atoms. The fraction of sp³-hybridized carbons (Fsp3) is 0.562. The standard InChI is InChI=1S/C16H23N3O2/c20-16(9-14-10-17-11-14)18-15-3-1-13(2-4-15)12-19-5-7-21-8-6-19/h1-4,14,17H,5-12H2,(H,18,20). The Balaban J connectivity index is 1.47. The van der Waals surface area contributed by atoms with Crippen LogP contribution >= 0.6 is 0 Å². The summed E-state index contributed by atoms with van der Waals surface area (Å²) in [6.07, 6.45) is 0.614. The van der Waals surface area contributed by atoms with Crippen molar-refractivity contribution in [1.29, 1.82) is 0 Å². The molecule has 1 aromatic rings. The largest absolute Gasteiger partial charge is 0.379 e. The van der Waals surface area contributed by atoms with Crippen LogP contribution in [0, 0.1) is 5.92 Å². The highest BCUT2D eigenvalue weighted by Crippen LogP contribution is 2.14. The summed E-state index contributed by atoms with van der Waals surface area (Å²) in [6, 6.07) is 8.17. The molecule has 1 amide bonds. The van der Waals surface area contributed by atoms with E-state index in [0.717, 1.165) is 51.6 Å². The maximum Gasteiger partial charge on any atom is 0.224 e. The third kappa shape index (κ3) is 4.27. The second-order valence-electron chi connectivity index (χ2n) is 5.86. The van der Waals surface area contributed by atoms with Gasteiger partial charge in [-0.3, -0.25) is 9.69 Å². The summed E-state index contributed by atoms with van der Waals surface area (Å²) in [5.74, 6) is 0.619. The number of rotatable bonds is 5. The van der Waals surface area contributed by atoms with Gasteiger partial charge in [0, 0.05) is 31.7 Å². The normalized spacial score (nSPS) is 20.0. The first-order chi connectivity index (χ1) is 10.3. The Kier molecular flexibility index (Phi) is 4.85. The van der Waals surface area contributed by atoms with Crippen molar-refractivity contribution in [2.24, 2.45) is 5.92 Å². The molecular weight excluding hydrogens is 266 g/mol. The van der Waals surface area contributed by atoms with Gasteiger partial charge in [-0.25, -0.2) is 0 Å². The minimum atomic E-state index is 0.113. The maximum absolute atomic E-state index is 11.9. The third-order valence-corrected chi connectivity index (χ3v) is 4.09. The van der Waals surface area contributed by atoms with E-state index in [0.29, 0.717) is 12.3 Å². The van der Waals surface area contributed by atoms with Gasteiger partial charge in [0.15, 0.2) is 0 Å². The second-order valence-corrected chi connectivity index (χ2v) is 5.86. The first kappa shape index (κ1) is 14.5. The van der Waals surface area contributed by atoms with E-state index in [9.17, 15) is 4.79 Å². The van der Waals surface area contributed by atoms with Crippen molar-refractivity contribution in [3.8, 4) is 0 Å². The number of carbonyl (C=O) groups is 1. The highest BCUT2D eigenvalue weighted by Gasteiger charge is 2.20. The molecule has 0 bridgehead atoms. The van der Waals surface area contributed by atoms with Crippen molar-refractivity contribution in [3.63, 3.8) is 0 Å². The molecule has 114 valence electrons. The van der Waals surface area contributed by atoms with E-state index >= 15 is 0 Å². The van der Waals surface area contributed by atoms with Crippen LogP contribution in [0.3, 0.4) is 0 Å². The third-order valence-electron chi connectivity index (χ3n) is 4.09. The Labute approximate surface area is 125 Å². The highest BCUT2D eigenvalue weighted by molar-refractivity contribution is 5.90. The number of amides is 1. The zero-order valence-electron chi connectivity index (χ0n) is 12.3. The monoisotopic (exact) mass is 289 g/mol. The first-order valence-electron chi connectivity index (χ1n) is 7.69. The molecule has 2 aliphatic heterocycles. The maximum atomic E-state index is 11.9. The van der Waals surface area contributed by atoms with Crippen LogP contribution in [0.2, 0.25) is 0 Å². The number of ether oxygens (including phenoxy) is 1. The summed E-state index contributed by atoms with van der Waals surface area (Å²) in [5, 5.41) is 6.15. The van der Waals surface area contributed by atoms with Crippen LogP contribution in [-0.4, -0.2) is 50.2 Å². The van der Waals surface area contributed by atoms with Gasteiger partial charge in [-0.15, -0.1) is 0 Å². The van der Waals surface area contributed by atoms with Crippen LogP contribution < -0.4 is 10.6 Å². The lowest BCUT2D eigenvalue weighted by atomic mass is 9.99. The van der Waals surface area contributed by atoms with E-state index in [1.165, 1.54) is 5.56 Å². The van der Waals surface area contributed by atoms with E-state index < -0.39 is 0 Å². The van der Waals surface area contributed by atoms with E-state index in [2.05, 4.69) is 27.7 Å². The number of anilines is 1. The SMILES string of the molecule is O=C(CC1CNC1)Nc1ccc(CN2CCOCC2)cc1. The summed E-state index contributed by atoms with van der Waals surface area (Å²) in [5.41, 5.74) is 2.16. The van der Waals surface area contributed by atoms with Crippen molar-refractivity contribution in [2.45, 2.75) is 13.0 Å². The number of carbonyl (C=O) groups excluding carboxylic acids is 1. The van der Waals surface area contributed by atoms with Gasteiger partial charge in [-0.05, 0) is 36.7 Å². The minimum Gasteiger partial charge on any atom is -0.379 e. The molecule has 0 unspecified atom stereocenters. The van der Waals surface area contributed by atoms with Gasteiger partial charge in [0.25, 0.3) is 0 Å². The molecule has 2 fully saturated rings. The molecule has 0 radical (unpaired) electrons. The predicted molar refractivity (Wildman–Crippen MR) is 82.1 cm³/mol. The molecule has 0 atom stereocenters. The number of nitrogens with one attached hydrogen (secondary N) is 2. The summed E-state index contributed by atoms with van der Waals surface area (Å²) in [7, 11) is 0. The summed E-state index contributed by atoms with van der Waals surface area (Å²) in [6.45, 7) is 6.51. The Morgan fingerprint density at radius 3 is 2.57 bits per heavy atom. The Morgan fingerprint density at radius 1 is 1.24 bits per heavy atom. The van der Waals surface area contributed by atoms with Gasteiger partial charge in [-0.2, -0.15) is 0 Å². The lowest BCUT2D eigenvalue weighted by Crippen LogP contribution is -2.43. The van der Waals surface area contributed by atoms with Crippen molar-refractivity contribution in [2.75, 3.05) is 44.7 Å². The Bertz CT molecular complexity index is 465. The van der Waals surface area contributed by atoms with Crippen molar-refractivity contribution >= 4 is 11.6 Å². The molecule has 0 aliphatic carbocycles. The van der Waals surface area contributed by atoms with Crippen LogP contribution in [0.4, 0.5) is 5.69 Å². The molecule has 2 heterocycles. The van der Waals surface area contributed by atoms with Crippen molar-refractivity contribution in [3.05, 3.63) is 29.8 Å². The van der Waals surface area contributed by atoms with Crippen LogP contribution in [0.15, 0.2) is 24.3 Å². The molecular formula is C16H23N3O2. The zero-order chi connectivity index (χ0) is 14.5. The van der Waals surface area contributed by atoms with E-state index in [1.807, 2.05) is 12.1 Å². The predicted octanol–water partition coefficient (Wildman–Crippen LogP) is 1.07. The van der Waals surface area contributed by atoms with E-state index in [1.54, 1.807) is 0 Å². The lowest BCUT2D eigenvalue weighted by molar-refractivity contribution is -0.117. The van der Waals surface area contributed by atoms with Crippen LogP contribution in [-0.2, 0) is 16.1 Å². The van der Waals surface area contributed by atoms with E-state index in [-0.39, 0.29) is 5.91 Å². The first-order valence-corrected chi connectivity index (χ1v) is 7.69. The van der Waals surface area contributed by atoms with Crippen LogP contribution in [0.1, 0.15) is 12.0 Å². The van der Waals surface area contributed by atoms with E-state index in [4.69, 9.17) is 4.74 Å². The zero-order valence-corrected chi connectivity index (χ0v) is 12.3. The Hall–Kier alpha value is -1.43. The van der Waals surface area contributed by atoms with Gasteiger partial charge >= 0.3 is 0 Å². The van der Waals surface area contributed by atoms with Gasteiger partial charge < -0.3 is 15.4 Å². The van der Waals surface area contributed by atoms with Crippen LogP contribution in [0.5, 0.6) is 0 Å². The molecule has 1 aromatic carbocycles. The summed E-state index contributed by atoms with van der Waals surface area (Å²) < 4.78 is 5.35. The smallest absolute Gasteiger partial charge is 0.224 e. The molecule has 5 heteroatoms. The molecule has 2 N–H and O–H groups in total. The average Bonchev–Trinajstić information content (AvgIpc) is 2.46. The number of benzene rings is 1. The van der Waals surface area contributed by atoms with Gasteiger partial charge in [0.1, 0.15) is 0 Å². The van der Waals surface area contributed by atoms with Crippen molar-refractivity contribution < 1.29 is 9.53 Å². The van der Waals surface area contributed by atoms with Crippen LogP contribution in [0.25, 0.3) is 0 Å². The fourth-order valence-electron chi connectivity index (χ4n) is 2.68. The molecule has 5 nitrogen and oxygen atoms in total. The van der Waals surface area contributed by atoms with Gasteiger partial charge in [0.2, 0.25) is 5.91 Å². The molecule has 2 aliphatic rings. The number of morpholine rings is 1. The van der Waals surface area contributed by atoms with Crippen molar-refractivity contribution in [1.82, 2.24) is 10.2 Å². The van der Waals surface area contributed by atoms with Gasteiger partial charge in [0.05, 0.1) is 13.2 Å². The molecule has 0 spiro atoms. The number of nitrogens with zero attached hydrogens (tertiary/aromatic N) is 1. The topological polar surface area (TPSA) is 53.6 Å². The Morgan fingerprint density at radius 2 is 1.95 bits per heavy atom. The molecule has 0 aromatic heterocycles.